The number of rotatable bonds is 4. The quantitative estimate of drug-likeness (QED) is 0.853. The number of sulfonamides is 1. The van der Waals surface area contributed by atoms with Gasteiger partial charge in [0.1, 0.15) is 34.2 Å². The Balaban J connectivity index is 1.80. The maximum atomic E-state index is 13.7. The third-order valence-corrected chi connectivity index (χ3v) is 5.77. The molecule has 2 aromatic rings. The number of nitriles is 1. The lowest BCUT2D eigenvalue weighted by molar-refractivity contribution is 0.215. The molecule has 0 bridgehead atoms. The molecule has 7 heteroatoms. The number of nitrogens with zero attached hydrogens (tertiary/aromatic N) is 2. The second kappa shape index (κ2) is 6.59. The topological polar surface area (TPSA) is 70.4 Å². The molecule has 1 aliphatic rings. The molecule has 1 fully saturated rings. The minimum absolute atomic E-state index is 0.165. The summed E-state index contributed by atoms with van der Waals surface area (Å²) in [5.74, 6) is -0.167. The van der Waals surface area contributed by atoms with Crippen LogP contribution in [-0.2, 0) is 10.0 Å². The lowest BCUT2D eigenvalue weighted by atomic mass is 10.2. The molecule has 0 aromatic heterocycles. The van der Waals surface area contributed by atoms with E-state index in [-0.39, 0.29) is 24.1 Å². The van der Waals surface area contributed by atoms with E-state index in [1.807, 2.05) is 18.2 Å². The Morgan fingerprint density at radius 1 is 1.17 bits per heavy atom. The minimum atomic E-state index is -3.94. The summed E-state index contributed by atoms with van der Waals surface area (Å²) in [5, 5.41) is 9.05. The molecule has 124 valence electrons. The van der Waals surface area contributed by atoms with Gasteiger partial charge in [-0.15, -0.1) is 0 Å². The number of benzene rings is 2. The van der Waals surface area contributed by atoms with Crippen LogP contribution in [0.25, 0.3) is 0 Å². The zero-order valence-electron chi connectivity index (χ0n) is 12.7. The first kappa shape index (κ1) is 16.4. The fourth-order valence-electron chi connectivity index (χ4n) is 2.67. The third kappa shape index (κ3) is 3.11. The van der Waals surface area contributed by atoms with Gasteiger partial charge in [0, 0.05) is 6.54 Å². The van der Waals surface area contributed by atoms with E-state index in [0.717, 1.165) is 6.07 Å². The maximum absolute atomic E-state index is 13.7. The monoisotopic (exact) mass is 346 g/mol. The molecule has 0 spiro atoms. The van der Waals surface area contributed by atoms with E-state index in [1.165, 1.54) is 16.4 Å². The highest BCUT2D eigenvalue weighted by Gasteiger charge is 2.35. The summed E-state index contributed by atoms with van der Waals surface area (Å²) in [7, 11) is -3.94. The van der Waals surface area contributed by atoms with Crippen LogP contribution in [0, 0.1) is 17.1 Å². The van der Waals surface area contributed by atoms with Crippen LogP contribution >= 0.6 is 0 Å². The van der Waals surface area contributed by atoms with Crippen molar-refractivity contribution in [2.75, 3.05) is 13.1 Å². The Morgan fingerprint density at radius 2 is 1.92 bits per heavy atom. The van der Waals surface area contributed by atoms with Crippen LogP contribution < -0.4 is 4.74 Å². The average Bonchev–Trinajstić information content (AvgIpc) is 3.05. The molecule has 1 aliphatic heterocycles. The van der Waals surface area contributed by atoms with Crippen molar-refractivity contribution in [2.24, 2.45) is 0 Å². The van der Waals surface area contributed by atoms with Crippen molar-refractivity contribution in [3.8, 4) is 11.8 Å². The molecule has 5 nitrogen and oxygen atoms in total. The Morgan fingerprint density at radius 3 is 2.62 bits per heavy atom. The summed E-state index contributed by atoms with van der Waals surface area (Å²) in [6.07, 6.45) is 0.256. The van der Waals surface area contributed by atoms with Crippen LogP contribution in [-0.4, -0.2) is 31.9 Å². The van der Waals surface area contributed by atoms with Gasteiger partial charge in [-0.05, 0) is 30.7 Å². The van der Waals surface area contributed by atoms with E-state index < -0.39 is 21.4 Å². The molecular formula is C17H15FN2O3S. The van der Waals surface area contributed by atoms with Crippen LogP contribution in [0.5, 0.6) is 5.75 Å². The molecule has 0 radical (unpaired) electrons. The number of para-hydroxylation sites is 1. The van der Waals surface area contributed by atoms with Crippen molar-refractivity contribution < 1.29 is 17.5 Å². The Hall–Kier alpha value is -2.43. The van der Waals surface area contributed by atoms with Crippen molar-refractivity contribution in [1.29, 1.82) is 5.26 Å². The predicted octanol–water partition coefficient (Wildman–Crippen LogP) is 2.54. The third-order valence-electron chi connectivity index (χ3n) is 3.86. The fourth-order valence-corrected chi connectivity index (χ4v) is 4.31. The summed E-state index contributed by atoms with van der Waals surface area (Å²) >= 11 is 0. The van der Waals surface area contributed by atoms with E-state index in [4.69, 9.17) is 10.00 Å². The molecule has 0 amide bonds. The van der Waals surface area contributed by atoms with Gasteiger partial charge in [-0.25, -0.2) is 12.8 Å². The summed E-state index contributed by atoms with van der Waals surface area (Å²) in [6, 6.07) is 14.4. The van der Waals surface area contributed by atoms with Gasteiger partial charge in [-0.2, -0.15) is 9.57 Å². The molecular weight excluding hydrogens is 331 g/mol. The Kier molecular flexibility index (Phi) is 4.51. The lowest BCUT2D eigenvalue weighted by Crippen LogP contribution is -2.31. The molecule has 2 aromatic carbocycles. The van der Waals surface area contributed by atoms with Gasteiger partial charge in [0.25, 0.3) is 0 Å². The van der Waals surface area contributed by atoms with Gasteiger partial charge in [0.15, 0.2) is 0 Å². The molecule has 0 saturated carbocycles. The molecule has 1 saturated heterocycles. The van der Waals surface area contributed by atoms with Crippen LogP contribution in [0.15, 0.2) is 53.4 Å². The highest BCUT2D eigenvalue weighted by atomic mass is 32.2. The summed E-state index contributed by atoms with van der Waals surface area (Å²) < 4.78 is 46.1. The van der Waals surface area contributed by atoms with Gasteiger partial charge in [0.2, 0.25) is 10.0 Å². The summed E-state index contributed by atoms with van der Waals surface area (Å²) in [6.45, 7) is 0.430. The Labute approximate surface area is 139 Å². The zero-order chi connectivity index (χ0) is 17.2. The van der Waals surface area contributed by atoms with Crippen LogP contribution in [0.2, 0.25) is 0 Å². The highest BCUT2D eigenvalue weighted by molar-refractivity contribution is 7.89. The largest absolute Gasteiger partial charge is 0.489 e. The minimum Gasteiger partial charge on any atom is -0.489 e. The van der Waals surface area contributed by atoms with Gasteiger partial charge >= 0.3 is 0 Å². The van der Waals surface area contributed by atoms with Gasteiger partial charge < -0.3 is 4.74 Å². The summed E-state index contributed by atoms with van der Waals surface area (Å²) in [5.41, 5.74) is -0.454. The van der Waals surface area contributed by atoms with Crippen molar-refractivity contribution >= 4 is 10.0 Å². The molecule has 1 heterocycles. The Bertz CT molecular complexity index is 878. The first-order valence-electron chi connectivity index (χ1n) is 7.43. The number of hydrogen-bond acceptors (Lipinski definition) is 4. The molecule has 1 atom stereocenters. The van der Waals surface area contributed by atoms with E-state index in [1.54, 1.807) is 18.2 Å². The maximum Gasteiger partial charge on any atom is 0.244 e. The smallest absolute Gasteiger partial charge is 0.244 e. The van der Waals surface area contributed by atoms with Crippen molar-refractivity contribution in [3.05, 3.63) is 59.9 Å². The number of halogens is 1. The van der Waals surface area contributed by atoms with Crippen LogP contribution in [0.3, 0.4) is 0 Å². The SMILES string of the molecule is N#Cc1c(F)cccc1S(=O)(=O)N1CC[C@H](Oc2ccccc2)C1. The predicted molar refractivity (Wildman–Crippen MR) is 85.3 cm³/mol. The fraction of sp³-hybridized carbons (Fsp3) is 0.235. The zero-order valence-corrected chi connectivity index (χ0v) is 13.5. The molecule has 0 aliphatic carbocycles. The van der Waals surface area contributed by atoms with Crippen molar-refractivity contribution in [3.63, 3.8) is 0 Å². The van der Waals surface area contributed by atoms with E-state index >= 15 is 0 Å². The molecule has 3 rings (SSSR count). The standard InChI is InChI=1S/C17H15FN2O3S/c18-16-7-4-8-17(15(16)11-19)24(21,22)20-10-9-14(12-20)23-13-5-2-1-3-6-13/h1-8,14H,9-10,12H2/t14-/m0/s1. The van der Waals surface area contributed by atoms with E-state index in [0.29, 0.717) is 12.2 Å². The van der Waals surface area contributed by atoms with Gasteiger partial charge in [-0.1, -0.05) is 24.3 Å². The summed E-state index contributed by atoms with van der Waals surface area (Å²) in [4.78, 5) is -0.301. The van der Waals surface area contributed by atoms with Gasteiger partial charge in [-0.3, -0.25) is 0 Å². The molecule has 24 heavy (non-hydrogen) atoms. The van der Waals surface area contributed by atoms with Gasteiger partial charge in [0.05, 0.1) is 6.54 Å². The number of ether oxygens (including phenoxy) is 1. The normalized spacial score (nSPS) is 18.2. The van der Waals surface area contributed by atoms with Crippen molar-refractivity contribution in [2.45, 2.75) is 17.4 Å². The molecule has 0 unspecified atom stereocenters. The first-order chi connectivity index (χ1) is 11.5. The first-order valence-corrected chi connectivity index (χ1v) is 8.87. The molecule has 0 N–H and O–H groups in total. The lowest BCUT2D eigenvalue weighted by Gasteiger charge is -2.18. The number of hydrogen-bond donors (Lipinski definition) is 0. The second-order valence-corrected chi connectivity index (χ2v) is 7.34. The van der Waals surface area contributed by atoms with Crippen LogP contribution in [0.4, 0.5) is 4.39 Å². The van der Waals surface area contributed by atoms with Crippen molar-refractivity contribution in [1.82, 2.24) is 4.31 Å². The highest BCUT2D eigenvalue weighted by Crippen LogP contribution is 2.26. The second-order valence-electron chi connectivity index (χ2n) is 5.43. The van der Waals surface area contributed by atoms with Crippen LogP contribution in [0.1, 0.15) is 12.0 Å². The van der Waals surface area contributed by atoms with E-state index in [2.05, 4.69) is 0 Å². The van der Waals surface area contributed by atoms with E-state index in [9.17, 15) is 12.8 Å². The average molecular weight is 346 g/mol.